The van der Waals surface area contributed by atoms with Crippen LogP contribution in [0.1, 0.15) is 22.3 Å². The van der Waals surface area contributed by atoms with Crippen molar-refractivity contribution in [3.05, 3.63) is 126 Å². The highest BCUT2D eigenvalue weighted by atomic mass is 35.5. The molecule has 186 valence electrons. The Labute approximate surface area is 220 Å². The van der Waals surface area contributed by atoms with Gasteiger partial charge in [0.25, 0.3) is 11.5 Å². The van der Waals surface area contributed by atoms with Crippen molar-refractivity contribution in [2.45, 2.75) is 6.92 Å². The lowest BCUT2D eigenvalue weighted by molar-refractivity contribution is -0.112. The molecule has 4 aromatic rings. The zero-order chi connectivity index (χ0) is 27.0. The second-order valence-corrected chi connectivity index (χ2v) is 8.87. The second kappa shape index (κ2) is 9.69. The number of nitrogens with one attached hydrogen (secondary N) is 2. The quantitative estimate of drug-likeness (QED) is 0.275. The molecule has 38 heavy (non-hydrogen) atoms. The largest absolute Gasteiger partial charge is 0.493 e. The number of aromatic amines is 1. The Balaban J connectivity index is 1.69. The average Bonchev–Trinajstić information content (AvgIpc) is 3.26. The van der Waals surface area contributed by atoms with Gasteiger partial charge in [-0.25, -0.2) is 14.4 Å². The molecule has 9 nitrogen and oxygen atoms in total. The molecule has 1 amide bonds. The van der Waals surface area contributed by atoms with Crippen LogP contribution in [0.4, 0.5) is 5.69 Å². The summed E-state index contributed by atoms with van der Waals surface area (Å²) in [4.78, 5) is 45.4. The molecule has 1 aliphatic rings. The fourth-order valence-corrected chi connectivity index (χ4v) is 4.25. The first-order chi connectivity index (χ1) is 18.3. The van der Waals surface area contributed by atoms with Crippen LogP contribution in [0.25, 0.3) is 11.4 Å². The van der Waals surface area contributed by atoms with Crippen molar-refractivity contribution in [1.29, 1.82) is 5.26 Å². The molecule has 0 fully saturated rings. The number of nitrogens with zero attached hydrogens (tertiary/aromatic N) is 3. The Kier molecular flexibility index (Phi) is 6.24. The van der Waals surface area contributed by atoms with Gasteiger partial charge in [0.1, 0.15) is 17.2 Å². The molecular formula is C28H18ClN5O4. The number of benzene rings is 3. The number of carbonyl (C=O) groups excluding carboxylic acids is 1. The van der Waals surface area contributed by atoms with Crippen LogP contribution in [-0.2, 0) is 4.79 Å². The number of rotatable bonds is 4. The lowest BCUT2D eigenvalue weighted by atomic mass is 9.99. The molecule has 3 N–H and O–H groups in total. The van der Waals surface area contributed by atoms with Gasteiger partial charge in [-0.15, -0.1) is 0 Å². The van der Waals surface area contributed by atoms with E-state index in [1.165, 1.54) is 0 Å². The molecule has 2 heterocycles. The van der Waals surface area contributed by atoms with Gasteiger partial charge in [-0.1, -0.05) is 53.6 Å². The van der Waals surface area contributed by atoms with Crippen molar-refractivity contribution in [1.82, 2.24) is 9.55 Å². The molecule has 0 radical (unpaired) electrons. The molecule has 0 atom stereocenters. The van der Waals surface area contributed by atoms with Gasteiger partial charge < -0.3 is 10.4 Å². The molecule has 0 saturated heterocycles. The van der Waals surface area contributed by atoms with Crippen LogP contribution < -0.4 is 16.6 Å². The van der Waals surface area contributed by atoms with Crippen LogP contribution in [-0.4, -0.2) is 26.3 Å². The number of hydrogen-bond acceptors (Lipinski definition) is 6. The molecule has 0 spiro atoms. The minimum atomic E-state index is -0.866. The highest BCUT2D eigenvalue weighted by Gasteiger charge is 2.31. The summed E-state index contributed by atoms with van der Waals surface area (Å²) in [5.41, 5.74) is 0.280. The number of anilines is 1. The predicted octanol–water partition coefficient (Wildman–Crippen LogP) is 3.92. The van der Waals surface area contributed by atoms with Gasteiger partial charge in [0.2, 0.25) is 5.88 Å². The number of amides is 1. The summed E-state index contributed by atoms with van der Waals surface area (Å²) in [7, 11) is 0. The third-order valence-electron chi connectivity index (χ3n) is 5.95. The highest BCUT2D eigenvalue weighted by Crippen LogP contribution is 2.35. The Morgan fingerprint density at radius 1 is 1.03 bits per heavy atom. The lowest BCUT2D eigenvalue weighted by Gasteiger charge is -2.12. The number of hydrogen-bond donors (Lipinski definition) is 3. The number of carbonyl (C=O) groups is 1. The van der Waals surface area contributed by atoms with Crippen LogP contribution in [0.5, 0.6) is 5.88 Å². The molecule has 0 bridgehead atoms. The van der Waals surface area contributed by atoms with E-state index in [2.05, 4.69) is 15.3 Å². The van der Waals surface area contributed by atoms with E-state index in [1.54, 1.807) is 72.8 Å². The third-order valence-corrected chi connectivity index (χ3v) is 6.21. The van der Waals surface area contributed by atoms with Gasteiger partial charge in [0.15, 0.2) is 0 Å². The zero-order valence-electron chi connectivity index (χ0n) is 19.8. The van der Waals surface area contributed by atoms with Gasteiger partial charge in [-0.05, 0) is 43.3 Å². The molecule has 0 saturated carbocycles. The number of aromatic hydroxyl groups is 1. The van der Waals surface area contributed by atoms with E-state index in [0.717, 1.165) is 10.1 Å². The summed E-state index contributed by atoms with van der Waals surface area (Å²) in [5.74, 6) is -1.34. The summed E-state index contributed by atoms with van der Waals surface area (Å²) in [6.07, 6.45) is 0. The molecule has 5 rings (SSSR count). The second-order valence-electron chi connectivity index (χ2n) is 8.43. The summed E-state index contributed by atoms with van der Waals surface area (Å²) >= 11 is 5.90. The molecule has 10 heteroatoms. The number of aromatic nitrogens is 2. The number of H-pyrrole nitrogens is 1. The van der Waals surface area contributed by atoms with Gasteiger partial charge in [-0.3, -0.25) is 14.6 Å². The van der Waals surface area contributed by atoms with Crippen molar-refractivity contribution in [2.75, 3.05) is 5.32 Å². The maximum Gasteiger partial charge on any atom is 0.335 e. The first kappa shape index (κ1) is 24.5. The Hall–Kier alpha value is -5.20. The SMILES string of the molecule is Cc1ccc(-n2c(O)c(C3=N/C(=C(/C#N)C(=O)Nc4ccc(Cl)cc4)c4ccccc43)c(=O)[nH]c2=O)cc1. The summed E-state index contributed by atoms with van der Waals surface area (Å²) in [5, 5.41) is 24.2. The zero-order valence-corrected chi connectivity index (χ0v) is 20.6. The van der Waals surface area contributed by atoms with E-state index in [4.69, 9.17) is 11.6 Å². The molecular weight excluding hydrogens is 506 g/mol. The van der Waals surface area contributed by atoms with Crippen LogP contribution in [0.3, 0.4) is 0 Å². The highest BCUT2D eigenvalue weighted by molar-refractivity contribution is 6.30. The molecule has 3 aromatic carbocycles. The van der Waals surface area contributed by atoms with E-state index in [9.17, 15) is 24.8 Å². The number of nitriles is 1. The lowest BCUT2D eigenvalue weighted by Crippen LogP contribution is -2.33. The minimum Gasteiger partial charge on any atom is -0.493 e. The molecule has 1 aliphatic heterocycles. The maximum absolute atomic E-state index is 13.1. The van der Waals surface area contributed by atoms with Gasteiger partial charge in [0.05, 0.1) is 17.1 Å². The maximum atomic E-state index is 13.1. The molecule has 0 unspecified atom stereocenters. The smallest absolute Gasteiger partial charge is 0.335 e. The van der Waals surface area contributed by atoms with Crippen molar-refractivity contribution in [2.24, 2.45) is 4.99 Å². The van der Waals surface area contributed by atoms with Crippen molar-refractivity contribution < 1.29 is 9.90 Å². The number of fused-ring (bicyclic) bond motifs is 1. The number of aryl methyl sites for hydroxylation is 1. The van der Waals surface area contributed by atoms with E-state index < -0.39 is 23.0 Å². The molecule has 0 aliphatic carbocycles. The summed E-state index contributed by atoms with van der Waals surface area (Å²) in [6, 6.07) is 21.7. The van der Waals surface area contributed by atoms with E-state index in [-0.39, 0.29) is 22.5 Å². The van der Waals surface area contributed by atoms with Crippen LogP contribution in [0.15, 0.2) is 93.0 Å². The van der Waals surface area contributed by atoms with Crippen LogP contribution >= 0.6 is 11.6 Å². The molecule has 1 aromatic heterocycles. The van der Waals surface area contributed by atoms with E-state index in [1.807, 2.05) is 13.0 Å². The normalized spacial score (nSPS) is 13.3. The fourth-order valence-electron chi connectivity index (χ4n) is 4.12. The fraction of sp³-hybridized carbons (Fsp3) is 0.0357. The van der Waals surface area contributed by atoms with Crippen LogP contribution in [0.2, 0.25) is 5.02 Å². The van der Waals surface area contributed by atoms with E-state index in [0.29, 0.717) is 27.5 Å². The Morgan fingerprint density at radius 2 is 1.68 bits per heavy atom. The summed E-state index contributed by atoms with van der Waals surface area (Å²) in [6.45, 7) is 1.87. The van der Waals surface area contributed by atoms with Gasteiger partial charge in [0, 0.05) is 21.8 Å². The standard InChI is InChI=1S/C28H18ClN5O4/c1-15-6-12-18(13-7-15)34-27(37)22(26(36)33-28(34)38)24-20-5-3-2-4-19(20)23(32-24)21(14-30)25(35)31-17-10-8-16(29)9-11-17/h2-13,37H,1H3,(H,31,35)(H,33,36,38)/b23-21-. The first-order valence-electron chi connectivity index (χ1n) is 11.3. The third kappa shape index (κ3) is 4.30. The predicted molar refractivity (Wildman–Crippen MR) is 144 cm³/mol. The van der Waals surface area contributed by atoms with Gasteiger partial charge >= 0.3 is 5.69 Å². The summed E-state index contributed by atoms with van der Waals surface area (Å²) < 4.78 is 0.960. The number of aliphatic imine (C=N–C) groups is 1. The van der Waals surface area contributed by atoms with Crippen molar-refractivity contribution >= 4 is 34.6 Å². The Morgan fingerprint density at radius 3 is 2.34 bits per heavy atom. The van der Waals surface area contributed by atoms with E-state index >= 15 is 0 Å². The average molecular weight is 524 g/mol. The van der Waals surface area contributed by atoms with Crippen LogP contribution in [0, 0.1) is 18.3 Å². The first-order valence-corrected chi connectivity index (χ1v) is 11.7. The Bertz CT molecular complexity index is 1830. The topological polar surface area (TPSA) is 140 Å². The monoisotopic (exact) mass is 523 g/mol. The minimum absolute atomic E-state index is 0.0160. The number of halogens is 1. The van der Waals surface area contributed by atoms with Crippen molar-refractivity contribution in [3.63, 3.8) is 0 Å². The van der Waals surface area contributed by atoms with Crippen molar-refractivity contribution in [3.8, 4) is 17.6 Å². The van der Waals surface area contributed by atoms with Gasteiger partial charge in [-0.2, -0.15) is 5.26 Å².